The second kappa shape index (κ2) is 9.77. The predicted molar refractivity (Wildman–Crippen MR) is 81.0 cm³/mol. The van der Waals surface area contributed by atoms with Gasteiger partial charge in [0.05, 0.1) is 0 Å². The molecule has 21 heavy (non-hydrogen) atoms. The van der Waals surface area contributed by atoms with Gasteiger partial charge in [-0.2, -0.15) is 0 Å². The minimum Gasteiger partial charge on any atom is -0.480 e. The topological polar surface area (TPSA) is 104 Å². The number of carbonyl (C=O) groups is 2. The van der Waals surface area contributed by atoms with E-state index in [1.165, 1.54) is 0 Å². The Labute approximate surface area is 124 Å². The Morgan fingerprint density at radius 3 is 2.52 bits per heavy atom. The van der Waals surface area contributed by atoms with Crippen LogP contribution in [0.3, 0.4) is 0 Å². The Balaban J connectivity index is 2.28. The number of aliphatic carboxylic acids is 1. The van der Waals surface area contributed by atoms with Crippen LogP contribution in [-0.2, 0) is 11.2 Å². The first-order valence-electron chi connectivity index (χ1n) is 7.14. The lowest BCUT2D eigenvalue weighted by Gasteiger charge is -2.15. The van der Waals surface area contributed by atoms with Crippen molar-refractivity contribution in [2.45, 2.75) is 31.7 Å². The molecule has 0 saturated carbocycles. The highest BCUT2D eigenvalue weighted by atomic mass is 16.4. The van der Waals surface area contributed by atoms with Gasteiger partial charge >= 0.3 is 12.0 Å². The first-order valence-corrected chi connectivity index (χ1v) is 7.14. The number of carboxylic acid groups (broad SMARTS) is 1. The summed E-state index contributed by atoms with van der Waals surface area (Å²) in [4.78, 5) is 22.7. The van der Waals surface area contributed by atoms with Crippen LogP contribution in [-0.4, -0.2) is 36.2 Å². The molecule has 6 nitrogen and oxygen atoms in total. The second-order valence-electron chi connectivity index (χ2n) is 4.81. The summed E-state index contributed by atoms with van der Waals surface area (Å²) in [6.07, 6.45) is 2.52. The van der Waals surface area contributed by atoms with Gasteiger partial charge in [0, 0.05) is 6.54 Å². The lowest BCUT2D eigenvalue weighted by molar-refractivity contribution is -0.139. The summed E-state index contributed by atoms with van der Waals surface area (Å²) in [5, 5.41) is 14.2. The summed E-state index contributed by atoms with van der Waals surface area (Å²) < 4.78 is 0. The summed E-state index contributed by atoms with van der Waals surface area (Å²) >= 11 is 0. The molecule has 0 aliphatic carbocycles. The van der Waals surface area contributed by atoms with E-state index in [4.69, 9.17) is 10.8 Å². The summed E-state index contributed by atoms with van der Waals surface area (Å²) in [7, 11) is 0. The normalized spacial score (nSPS) is 11.7. The van der Waals surface area contributed by atoms with Crippen LogP contribution in [0.15, 0.2) is 30.3 Å². The van der Waals surface area contributed by atoms with Crippen LogP contribution in [0.4, 0.5) is 4.79 Å². The van der Waals surface area contributed by atoms with Crippen LogP contribution in [0.1, 0.15) is 24.8 Å². The standard InChI is InChI=1S/C15H23N3O3/c16-10-5-4-8-13(14(19)20)18-15(21)17-11-9-12-6-2-1-3-7-12/h1-3,6-7,13H,4-5,8-11,16H2,(H,19,20)(H2,17,18,21)/t13-/m0/s1. The Bertz CT molecular complexity index is 437. The van der Waals surface area contributed by atoms with Gasteiger partial charge in [-0.3, -0.25) is 0 Å². The summed E-state index contributed by atoms with van der Waals surface area (Å²) in [6, 6.07) is 8.45. The molecule has 0 saturated heterocycles. The van der Waals surface area contributed by atoms with E-state index in [0.717, 1.165) is 12.0 Å². The highest BCUT2D eigenvalue weighted by molar-refractivity contribution is 5.82. The number of urea groups is 1. The Kier molecular flexibility index (Phi) is 7.89. The first-order chi connectivity index (χ1) is 10.1. The number of nitrogens with one attached hydrogen (secondary N) is 2. The van der Waals surface area contributed by atoms with Gasteiger partial charge < -0.3 is 21.5 Å². The van der Waals surface area contributed by atoms with Gasteiger partial charge in [-0.05, 0) is 37.8 Å². The van der Waals surface area contributed by atoms with Crippen molar-refractivity contribution in [2.24, 2.45) is 5.73 Å². The minimum atomic E-state index is -1.02. The third-order valence-electron chi connectivity index (χ3n) is 3.09. The molecule has 0 aliphatic heterocycles. The van der Waals surface area contributed by atoms with E-state index < -0.39 is 18.0 Å². The second-order valence-corrected chi connectivity index (χ2v) is 4.81. The number of carboxylic acids is 1. The van der Waals surface area contributed by atoms with Crippen molar-refractivity contribution in [3.8, 4) is 0 Å². The Morgan fingerprint density at radius 1 is 1.19 bits per heavy atom. The maximum atomic E-state index is 11.7. The average molecular weight is 293 g/mol. The van der Waals surface area contributed by atoms with Crippen LogP contribution in [0, 0.1) is 0 Å². The molecule has 1 aromatic carbocycles. The van der Waals surface area contributed by atoms with Gasteiger partial charge in [0.15, 0.2) is 0 Å². The molecule has 0 fully saturated rings. The van der Waals surface area contributed by atoms with Gasteiger partial charge in [0.25, 0.3) is 0 Å². The van der Waals surface area contributed by atoms with Crippen molar-refractivity contribution in [3.63, 3.8) is 0 Å². The summed E-state index contributed by atoms with van der Waals surface area (Å²) in [5.41, 5.74) is 6.49. The fraction of sp³-hybridized carbons (Fsp3) is 0.467. The largest absolute Gasteiger partial charge is 0.480 e. The maximum absolute atomic E-state index is 11.7. The van der Waals surface area contributed by atoms with E-state index in [0.29, 0.717) is 32.4 Å². The molecule has 0 bridgehead atoms. The number of amides is 2. The lowest BCUT2D eigenvalue weighted by atomic mass is 10.1. The molecule has 1 rings (SSSR count). The maximum Gasteiger partial charge on any atom is 0.326 e. The van der Waals surface area contributed by atoms with Gasteiger partial charge in [-0.15, -0.1) is 0 Å². The van der Waals surface area contributed by atoms with E-state index >= 15 is 0 Å². The minimum absolute atomic E-state index is 0.388. The molecular weight excluding hydrogens is 270 g/mol. The SMILES string of the molecule is NCCCC[C@H](NC(=O)NCCc1ccccc1)C(=O)O. The third-order valence-corrected chi connectivity index (χ3v) is 3.09. The highest BCUT2D eigenvalue weighted by Gasteiger charge is 2.18. The van der Waals surface area contributed by atoms with E-state index in [1.54, 1.807) is 0 Å². The fourth-order valence-electron chi connectivity index (χ4n) is 1.92. The van der Waals surface area contributed by atoms with Crippen molar-refractivity contribution < 1.29 is 14.7 Å². The van der Waals surface area contributed by atoms with E-state index in [1.807, 2.05) is 30.3 Å². The zero-order valence-electron chi connectivity index (χ0n) is 12.0. The lowest BCUT2D eigenvalue weighted by Crippen LogP contribution is -2.46. The van der Waals surface area contributed by atoms with E-state index in [9.17, 15) is 9.59 Å². The zero-order chi connectivity index (χ0) is 15.5. The third kappa shape index (κ3) is 7.31. The van der Waals surface area contributed by atoms with Crippen LogP contribution in [0.2, 0.25) is 0 Å². The van der Waals surface area contributed by atoms with Crippen molar-refractivity contribution in [2.75, 3.05) is 13.1 Å². The van der Waals surface area contributed by atoms with Gasteiger partial charge in [0.1, 0.15) is 6.04 Å². The van der Waals surface area contributed by atoms with Crippen molar-refractivity contribution in [1.29, 1.82) is 0 Å². The average Bonchev–Trinajstić information content (AvgIpc) is 2.47. The van der Waals surface area contributed by atoms with Crippen LogP contribution in [0.5, 0.6) is 0 Å². The first kappa shape index (κ1) is 17.0. The number of hydrogen-bond donors (Lipinski definition) is 4. The van der Waals surface area contributed by atoms with Gasteiger partial charge in [-0.25, -0.2) is 9.59 Å². The predicted octanol–water partition coefficient (Wildman–Crippen LogP) is 1.11. The van der Waals surface area contributed by atoms with Crippen molar-refractivity contribution >= 4 is 12.0 Å². The van der Waals surface area contributed by atoms with E-state index in [2.05, 4.69) is 10.6 Å². The van der Waals surface area contributed by atoms with E-state index in [-0.39, 0.29) is 0 Å². The highest BCUT2D eigenvalue weighted by Crippen LogP contribution is 2.01. The number of nitrogens with two attached hydrogens (primary N) is 1. The van der Waals surface area contributed by atoms with Crippen LogP contribution < -0.4 is 16.4 Å². The smallest absolute Gasteiger partial charge is 0.326 e. The Morgan fingerprint density at radius 2 is 1.90 bits per heavy atom. The number of carbonyl (C=O) groups excluding carboxylic acids is 1. The van der Waals surface area contributed by atoms with Gasteiger partial charge in [0.2, 0.25) is 0 Å². The molecule has 5 N–H and O–H groups in total. The molecule has 116 valence electrons. The Hall–Kier alpha value is -2.08. The molecule has 6 heteroatoms. The molecule has 0 aliphatic rings. The van der Waals surface area contributed by atoms with Crippen LogP contribution in [0.25, 0.3) is 0 Å². The quantitative estimate of drug-likeness (QED) is 0.512. The molecule has 0 aromatic heterocycles. The number of hydrogen-bond acceptors (Lipinski definition) is 3. The molecule has 2 amide bonds. The van der Waals surface area contributed by atoms with Gasteiger partial charge in [-0.1, -0.05) is 30.3 Å². The molecule has 0 heterocycles. The summed E-state index contributed by atoms with van der Waals surface area (Å²) in [5.74, 6) is -1.02. The molecular formula is C15H23N3O3. The molecule has 1 aromatic rings. The molecule has 0 spiro atoms. The fourth-order valence-corrected chi connectivity index (χ4v) is 1.92. The zero-order valence-corrected chi connectivity index (χ0v) is 12.0. The summed E-state index contributed by atoms with van der Waals surface area (Å²) in [6.45, 7) is 0.987. The molecule has 1 atom stereocenters. The molecule has 0 unspecified atom stereocenters. The van der Waals surface area contributed by atoms with Crippen molar-refractivity contribution in [3.05, 3.63) is 35.9 Å². The van der Waals surface area contributed by atoms with Crippen molar-refractivity contribution in [1.82, 2.24) is 10.6 Å². The molecule has 0 radical (unpaired) electrons. The number of rotatable bonds is 9. The number of unbranched alkanes of at least 4 members (excludes halogenated alkanes) is 1. The van der Waals surface area contributed by atoms with Crippen LogP contribution >= 0.6 is 0 Å². The number of benzene rings is 1. The monoisotopic (exact) mass is 293 g/mol.